The standard InChI is InChI=1S/C20H19ClN4O2/c21-18-9-5-4-8-17(18)20(27)23-13-19(26)22-11-10-15-12-24-25(14-15)16-6-2-1-3-7-16/h1-9,12,14H,10-11,13H2,(H,22,26)(H,23,27). The van der Waals surface area contributed by atoms with Gasteiger partial charge in [-0.2, -0.15) is 5.10 Å². The van der Waals surface area contributed by atoms with Gasteiger partial charge in [-0.25, -0.2) is 4.68 Å². The highest BCUT2D eigenvalue weighted by Crippen LogP contribution is 2.14. The molecule has 0 aliphatic heterocycles. The van der Waals surface area contributed by atoms with Gasteiger partial charge in [0.2, 0.25) is 5.91 Å². The van der Waals surface area contributed by atoms with Crippen LogP contribution in [0.25, 0.3) is 5.69 Å². The molecule has 0 saturated carbocycles. The Labute approximate surface area is 162 Å². The molecule has 0 aliphatic carbocycles. The molecule has 2 amide bonds. The largest absolute Gasteiger partial charge is 0.354 e. The Morgan fingerprint density at radius 1 is 1.00 bits per heavy atom. The summed E-state index contributed by atoms with van der Waals surface area (Å²) in [6.07, 6.45) is 4.36. The molecule has 138 valence electrons. The van der Waals surface area contributed by atoms with Crippen LogP contribution in [0.15, 0.2) is 67.0 Å². The van der Waals surface area contributed by atoms with Crippen molar-refractivity contribution >= 4 is 23.4 Å². The van der Waals surface area contributed by atoms with Gasteiger partial charge < -0.3 is 10.6 Å². The molecule has 0 saturated heterocycles. The molecule has 6 nitrogen and oxygen atoms in total. The summed E-state index contributed by atoms with van der Waals surface area (Å²) in [5.41, 5.74) is 2.34. The Hall–Kier alpha value is -3.12. The lowest BCUT2D eigenvalue weighted by Crippen LogP contribution is -2.37. The highest BCUT2D eigenvalue weighted by molar-refractivity contribution is 6.33. The molecule has 0 spiro atoms. The van der Waals surface area contributed by atoms with E-state index in [1.807, 2.05) is 36.5 Å². The summed E-state index contributed by atoms with van der Waals surface area (Å²) in [6, 6.07) is 16.5. The van der Waals surface area contributed by atoms with E-state index in [9.17, 15) is 9.59 Å². The quantitative estimate of drug-likeness (QED) is 0.659. The van der Waals surface area contributed by atoms with Gasteiger partial charge in [0.05, 0.1) is 29.0 Å². The average Bonchev–Trinajstić information content (AvgIpc) is 3.16. The minimum Gasteiger partial charge on any atom is -0.354 e. The van der Waals surface area contributed by atoms with Gasteiger partial charge in [0.1, 0.15) is 0 Å². The van der Waals surface area contributed by atoms with E-state index in [0.29, 0.717) is 23.6 Å². The second-order valence-corrected chi connectivity index (χ2v) is 6.30. The van der Waals surface area contributed by atoms with Crippen molar-refractivity contribution in [1.82, 2.24) is 20.4 Å². The average molecular weight is 383 g/mol. The summed E-state index contributed by atoms with van der Waals surface area (Å²) in [6.45, 7) is 0.356. The predicted octanol–water partition coefficient (Wildman–Crippen LogP) is 2.61. The van der Waals surface area contributed by atoms with Crippen LogP contribution < -0.4 is 10.6 Å². The van der Waals surface area contributed by atoms with Crippen LogP contribution in [0, 0.1) is 0 Å². The first-order chi connectivity index (χ1) is 13.1. The number of halogens is 1. The van der Waals surface area contributed by atoms with Crippen LogP contribution in [0.4, 0.5) is 0 Å². The van der Waals surface area contributed by atoms with Crippen LogP contribution in [0.3, 0.4) is 0 Å². The van der Waals surface area contributed by atoms with Gasteiger partial charge >= 0.3 is 0 Å². The molecule has 1 aromatic heterocycles. The van der Waals surface area contributed by atoms with E-state index in [2.05, 4.69) is 15.7 Å². The molecule has 3 rings (SSSR count). The van der Waals surface area contributed by atoms with Crippen molar-refractivity contribution in [2.75, 3.05) is 13.1 Å². The molecular weight excluding hydrogens is 364 g/mol. The lowest BCUT2D eigenvalue weighted by molar-refractivity contribution is -0.120. The van der Waals surface area contributed by atoms with Crippen molar-refractivity contribution < 1.29 is 9.59 Å². The van der Waals surface area contributed by atoms with Crippen molar-refractivity contribution in [3.8, 4) is 5.69 Å². The topological polar surface area (TPSA) is 76.0 Å². The van der Waals surface area contributed by atoms with Crippen molar-refractivity contribution in [3.05, 3.63) is 83.1 Å². The van der Waals surface area contributed by atoms with Gasteiger partial charge in [-0.15, -0.1) is 0 Å². The molecule has 27 heavy (non-hydrogen) atoms. The summed E-state index contributed by atoms with van der Waals surface area (Å²) in [7, 11) is 0. The number of carbonyl (C=O) groups excluding carboxylic acids is 2. The Bertz CT molecular complexity index is 924. The van der Waals surface area contributed by atoms with Crippen molar-refractivity contribution in [2.45, 2.75) is 6.42 Å². The fourth-order valence-corrected chi connectivity index (χ4v) is 2.74. The number of nitrogens with zero attached hydrogens (tertiary/aromatic N) is 2. The minimum absolute atomic E-state index is 0.104. The van der Waals surface area contributed by atoms with Crippen LogP contribution in [0.5, 0.6) is 0 Å². The molecule has 0 fully saturated rings. The first kappa shape index (κ1) is 18.7. The van der Waals surface area contributed by atoms with E-state index in [1.54, 1.807) is 35.1 Å². The Morgan fingerprint density at radius 3 is 2.52 bits per heavy atom. The van der Waals surface area contributed by atoms with E-state index >= 15 is 0 Å². The highest BCUT2D eigenvalue weighted by atomic mass is 35.5. The van der Waals surface area contributed by atoms with Gasteiger partial charge in [-0.05, 0) is 36.2 Å². The molecular formula is C20H19ClN4O2. The van der Waals surface area contributed by atoms with E-state index in [0.717, 1.165) is 11.3 Å². The summed E-state index contributed by atoms with van der Waals surface area (Å²) >= 11 is 5.96. The van der Waals surface area contributed by atoms with E-state index in [1.165, 1.54) is 0 Å². The molecule has 2 aromatic carbocycles. The smallest absolute Gasteiger partial charge is 0.253 e. The third-order valence-corrected chi connectivity index (χ3v) is 4.25. The molecule has 1 heterocycles. The van der Waals surface area contributed by atoms with Gasteiger partial charge in [0.15, 0.2) is 0 Å². The Kier molecular flexibility index (Phi) is 6.22. The summed E-state index contributed by atoms with van der Waals surface area (Å²) in [4.78, 5) is 23.9. The van der Waals surface area contributed by atoms with Crippen molar-refractivity contribution in [2.24, 2.45) is 0 Å². The normalized spacial score (nSPS) is 10.4. The van der Waals surface area contributed by atoms with E-state index < -0.39 is 0 Å². The zero-order valence-electron chi connectivity index (χ0n) is 14.6. The fourth-order valence-electron chi connectivity index (χ4n) is 2.52. The minimum atomic E-state index is -0.375. The number of nitrogens with one attached hydrogen (secondary N) is 2. The third-order valence-electron chi connectivity index (χ3n) is 3.92. The SMILES string of the molecule is O=C(CNC(=O)c1ccccc1Cl)NCCc1cnn(-c2ccccc2)c1. The molecule has 0 unspecified atom stereocenters. The summed E-state index contributed by atoms with van der Waals surface area (Å²) < 4.78 is 1.79. The first-order valence-corrected chi connectivity index (χ1v) is 8.89. The second-order valence-electron chi connectivity index (χ2n) is 5.89. The number of hydrogen-bond donors (Lipinski definition) is 2. The lowest BCUT2D eigenvalue weighted by atomic mass is 10.2. The van der Waals surface area contributed by atoms with Crippen LogP contribution in [-0.4, -0.2) is 34.7 Å². The number of carbonyl (C=O) groups is 2. The van der Waals surface area contributed by atoms with E-state index in [-0.39, 0.29) is 18.4 Å². The third kappa shape index (κ3) is 5.18. The zero-order valence-corrected chi connectivity index (χ0v) is 15.3. The van der Waals surface area contributed by atoms with Crippen molar-refractivity contribution in [1.29, 1.82) is 0 Å². The van der Waals surface area contributed by atoms with Crippen LogP contribution in [0.2, 0.25) is 5.02 Å². The Morgan fingerprint density at radius 2 is 1.74 bits per heavy atom. The van der Waals surface area contributed by atoms with Gasteiger partial charge in [0.25, 0.3) is 5.91 Å². The number of rotatable bonds is 7. The number of para-hydroxylation sites is 1. The highest BCUT2D eigenvalue weighted by Gasteiger charge is 2.10. The summed E-state index contributed by atoms with van der Waals surface area (Å²) in [5.74, 6) is -0.634. The fraction of sp³-hybridized carbons (Fsp3) is 0.150. The maximum absolute atomic E-state index is 12.0. The monoisotopic (exact) mass is 382 g/mol. The first-order valence-electron chi connectivity index (χ1n) is 8.52. The number of aromatic nitrogens is 2. The predicted molar refractivity (Wildman–Crippen MR) is 104 cm³/mol. The maximum Gasteiger partial charge on any atom is 0.253 e. The van der Waals surface area contributed by atoms with Crippen LogP contribution in [0.1, 0.15) is 15.9 Å². The number of benzene rings is 2. The molecule has 2 N–H and O–H groups in total. The van der Waals surface area contributed by atoms with Crippen LogP contribution >= 0.6 is 11.6 Å². The molecule has 7 heteroatoms. The van der Waals surface area contributed by atoms with E-state index in [4.69, 9.17) is 11.6 Å². The molecule has 0 bridgehead atoms. The second kappa shape index (κ2) is 9.00. The maximum atomic E-state index is 12.0. The lowest BCUT2D eigenvalue weighted by Gasteiger charge is -2.07. The molecule has 0 radical (unpaired) electrons. The van der Waals surface area contributed by atoms with Crippen molar-refractivity contribution in [3.63, 3.8) is 0 Å². The summed E-state index contributed by atoms with van der Waals surface area (Å²) in [5, 5.41) is 10.0. The number of amides is 2. The molecule has 0 atom stereocenters. The van der Waals surface area contributed by atoms with Crippen LogP contribution in [-0.2, 0) is 11.2 Å². The van der Waals surface area contributed by atoms with Gasteiger partial charge in [-0.1, -0.05) is 41.9 Å². The zero-order chi connectivity index (χ0) is 19.1. The van der Waals surface area contributed by atoms with Gasteiger partial charge in [0, 0.05) is 12.7 Å². The molecule has 0 aliphatic rings. The Balaban J connectivity index is 1.42. The van der Waals surface area contributed by atoms with Gasteiger partial charge in [-0.3, -0.25) is 9.59 Å². The number of hydrogen-bond acceptors (Lipinski definition) is 3. The molecule has 3 aromatic rings.